The average molecular weight is 317 g/mol. The Morgan fingerprint density at radius 2 is 1.95 bits per heavy atom. The zero-order valence-corrected chi connectivity index (χ0v) is 14.3. The Morgan fingerprint density at radius 3 is 2.52 bits per heavy atom. The normalized spacial score (nSPS) is 12.5. The topological polar surface area (TPSA) is 72.4 Å². The maximum Gasteiger partial charge on any atom is 0.242 e. The van der Waals surface area contributed by atoms with Gasteiger partial charge in [-0.25, -0.2) is 13.1 Å². The van der Waals surface area contributed by atoms with Crippen LogP contribution in [0.2, 0.25) is 0 Å². The van der Waals surface area contributed by atoms with Crippen LogP contribution in [0.3, 0.4) is 0 Å². The van der Waals surface area contributed by atoms with Crippen LogP contribution >= 0.6 is 0 Å². The van der Waals surface area contributed by atoms with Crippen molar-refractivity contribution in [1.82, 2.24) is 14.6 Å². The molecule has 0 unspecified atom stereocenters. The predicted octanol–water partition coefficient (Wildman–Crippen LogP) is 1.23. The molecule has 1 rings (SSSR count). The first-order valence-electron chi connectivity index (χ1n) is 7.22. The molecule has 0 aromatic carbocycles. The highest BCUT2D eigenvalue weighted by atomic mass is 32.2. The zero-order chi connectivity index (χ0) is 16.0. The average Bonchev–Trinajstić information content (AvgIpc) is 2.74. The smallest absolute Gasteiger partial charge is 0.242 e. The fourth-order valence-corrected chi connectivity index (χ4v) is 2.87. The molecule has 0 aliphatic carbocycles. The molecule has 0 bridgehead atoms. The molecule has 1 aromatic rings. The molecule has 122 valence electrons. The van der Waals surface area contributed by atoms with E-state index in [4.69, 9.17) is 4.74 Å². The summed E-state index contributed by atoms with van der Waals surface area (Å²) >= 11 is 0. The molecule has 1 aromatic heterocycles. The maximum absolute atomic E-state index is 12.2. The van der Waals surface area contributed by atoms with E-state index in [1.165, 1.54) is 0 Å². The largest absolute Gasteiger partial charge is 0.377 e. The Kier molecular flexibility index (Phi) is 6.86. The molecule has 0 atom stereocenters. The number of hydrogen-bond donors (Lipinski definition) is 2. The van der Waals surface area contributed by atoms with Crippen molar-refractivity contribution >= 4 is 10.0 Å². The summed E-state index contributed by atoms with van der Waals surface area (Å²) in [4.78, 5) is 0.287. The van der Waals surface area contributed by atoms with Crippen molar-refractivity contribution in [3.8, 4) is 0 Å². The second kappa shape index (κ2) is 7.93. The third-order valence-electron chi connectivity index (χ3n) is 2.93. The first kappa shape index (κ1) is 18.2. The molecule has 0 aliphatic rings. The van der Waals surface area contributed by atoms with Crippen LogP contribution in [0.25, 0.3) is 0 Å². The maximum atomic E-state index is 12.2. The van der Waals surface area contributed by atoms with E-state index < -0.39 is 10.0 Å². The third kappa shape index (κ3) is 6.17. The van der Waals surface area contributed by atoms with Gasteiger partial charge in [-0.05, 0) is 19.9 Å². The monoisotopic (exact) mass is 317 g/mol. The van der Waals surface area contributed by atoms with Crippen LogP contribution in [0.15, 0.2) is 17.2 Å². The quantitative estimate of drug-likeness (QED) is 0.672. The first-order chi connectivity index (χ1) is 9.72. The molecule has 21 heavy (non-hydrogen) atoms. The summed E-state index contributed by atoms with van der Waals surface area (Å²) in [6, 6.07) is 2.05. The van der Waals surface area contributed by atoms with Crippen molar-refractivity contribution in [1.29, 1.82) is 0 Å². The molecule has 0 aliphatic heterocycles. The summed E-state index contributed by atoms with van der Waals surface area (Å²) in [7, 11) is -1.63. The fraction of sp³-hybridized carbons (Fsp3) is 0.714. The molecule has 7 heteroatoms. The van der Waals surface area contributed by atoms with E-state index in [0.717, 1.165) is 5.69 Å². The minimum atomic E-state index is -3.48. The Balaban J connectivity index is 2.64. The van der Waals surface area contributed by atoms with Gasteiger partial charge in [0.25, 0.3) is 0 Å². The second-order valence-corrected chi connectivity index (χ2v) is 7.40. The predicted molar refractivity (Wildman–Crippen MR) is 83.7 cm³/mol. The summed E-state index contributed by atoms with van der Waals surface area (Å²) in [6.45, 7) is 9.22. The van der Waals surface area contributed by atoms with E-state index in [-0.39, 0.29) is 17.5 Å². The van der Waals surface area contributed by atoms with Crippen LogP contribution < -0.4 is 10.0 Å². The Bertz CT molecular complexity index is 536. The SMILES string of the molecule is CC(C)NCc1cc(S(=O)(=O)NCCOC(C)C)cn1C. The van der Waals surface area contributed by atoms with E-state index >= 15 is 0 Å². The van der Waals surface area contributed by atoms with Crippen LogP contribution in [-0.2, 0) is 28.4 Å². The number of sulfonamides is 1. The number of nitrogens with zero attached hydrogens (tertiary/aromatic N) is 1. The first-order valence-corrected chi connectivity index (χ1v) is 8.70. The Labute approximate surface area is 127 Å². The molecule has 6 nitrogen and oxygen atoms in total. The highest BCUT2D eigenvalue weighted by Crippen LogP contribution is 2.13. The number of ether oxygens (including phenoxy) is 1. The van der Waals surface area contributed by atoms with Gasteiger partial charge < -0.3 is 14.6 Å². The third-order valence-corrected chi connectivity index (χ3v) is 4.36. The van der Waals surface area contributed by atoms with Crippen molar-refractivity contribution in [2.45, 2.75) is 51.3 Å². The minimum Gasteiger partial charge on any atom is -0.377 e. The Hall–Kier alpha value is -0.890. The summed E-state index contributed by atoms with van der Waals surface area (Å²) in [6.07, 6.45) is 1.73. The van der Waals surface area contributed by atoms with Crippen molar-refractivity contribution < 1.29 is 13.2 Å². The molecule has 0 fully saturated rings. The molecule has 0 amide bonds. The van der Waals surface area contributed by atoms with Gasteiger partial charge >= 0.3 is 0 Å². The Morgan fingerprint density at radius 1 is 1.29 bits per heavy atom. The minimum absolute atomic E-state index is 0.0972. The lowest BCUT2D eigenvalue weighted by Crippen LogP contribution is -2.28. The highest BCUT2D eigenvalue weighted by molar-refractivity contribution is 7.89. The molecule has 1 heterocycles. The zero-order valence-electron chi connectivity index (χ0n) is 13.5. The lowest BCUT2D eigenvalue weighted by molar-refractivity contribution is 0.0834. The number of rotatable bonds is 9. The number of aromatic nitrogens is 1. The van der Waals surface area contributed by atoms with E-state index in [0.29, 0.717) is 19.2 Å². The lowest BCUT2D eigenvalue weighted by Gasteiger charge is -2.08. The molecule has 0 saturated carbocycles. The summed E-state index contributed by atoms with van der Waals surface area (Å²) < 4.78 is 34.1. The fourth-order valence-electron chi connectivity index (χ4n) is 1.76. The van der Waals surface area contributed by atoms with Crippen molar-refractivity contribution in [2.24, 2.45) is 7.05 Å². The van der Waals surface area contributed by atoms with Crippen molar-refractivity contribution in [3.05, 3.63) is 18.0 Å². The number of nitrogens with one attached hydrogen (secondary N) is 2. The van der Waals surface area contributed by atoms with Gasteiger partial charge in [-0.2, -0.15) is 0 Å². The van der Waals surface area contributed by atoms with Crippen LogP contribution in [0, 0.1) is 0 Å². The standard InChI is InChI=1S/C14H27N3O3S/c1-11(2)15-9-13-8-14(10-17(13)5)21(18,19)16-6-7-20-12(3)4/h8,10-12,15-16H,6-7,9H2,1-5H3. The number of hydrogen-bond acceptors (Lipinski definition) is 4. The van der Waals surface area contributed by atoms with Crippen molar-refractivity contribution in [3.63, 3.8) is 0 Å². The molecular weight excluding hydrogens is 290 g/mol. The van der Waals surface area contributed by atoms with Gasteiger partial charge in [-0.3, -0.25) is 0 Å². The van der Waals surface area contributed by atoms with Gasteiger partial charge in [0.15, 0.2) is 0 Å². The van der Waals surface area contributed by atoms with E-state index in [9.17, 15) is 8.42 Å². The van der Waals surface area contributed by atoms with E-state index in [1.807, 2.05) is 25.5 Å². The van der Waals surface area contributed by atoms with Crippen LogP contribution in [0.4, 0.5) is 0 Å². The van der Waals surface area contributed by atoms with Crippen molar-refractivity contribution in [2.75, 3.05) is 13.2 Å². The highest BCUT2D eigenvalue weighted by Gasteiger charge is 2.17. The lowest BCUT2D eigenvalue weighted by atomic mass is 10.3. The van der Waals surface area contributed by atoms with Gasteiger partial charge in [0, 0.05) is 38.1 Å². The summed E-state index contributed by atoms with van der Waals surface area (Å²) in [5, 5.41) is 3.28. The molecule has 2 N–H and O–H groups in total. The van der Waals surface area contributed by atoms with Crippen LogP contribution in [0.1, 0.15) is 33.4 Å². The second-order valence-electron chi connectivity index (χ2n) is 5.63. The van der Waals surface area contributed by atoms with Crippen LogP contribution in [-0.4, -0.2) is 38.3 Å². The van der Waals surface area contributed by atoms with Gasteiger partial charge in [-0.1, -0.05) is 13.8 Å². The molecule has 0 saturated heterocycles. The van der Waals surface area contributed by atoms with Crippen LogP contribution in [0.5, 0.6) is 0 Å². The van der Waals surface area contributed by atoms with Gasteiger partial charge in [0.1, 0.15) is 0 Å². The number of aryl methyl sites for hydroxylation is 1. The molecule has 0 spiro atoms. The summed E-state index contributed by atoms with van der Waals surface area (Å²) in [5.41, 5.74) is 0.933. The van der Waals surface area contributed by atoms with E-state index in [2.05, 4.69) is 23.9 Å². The molecule has 0 radical (unpaired) electrons. The van der Waals surface area contributed by atoms with Gasteiger partial charge in [0.05, 0.1) is 17.6 Å². The molecular formula is C14H27N3O3S. The summed E-state index contributed by atoms with van der Waals surface area (Å²) in [5.74, 6) is 0. The van der Waals surface area contributed by atoms with Gasteiger partial charge in [0.2, 0.25) is 10.0 Å². The van der Waals surface area contributed by atoms with E-state index in [1.54, 1.807) is 12.3 Å². The van der Waals surface area contributed by atoms with Gasteiger partial charge in [-0.15, -0.1) is 0 Å².